The van der Waals surface area contributed by atoms with Gasteiger partial charge in [-0.25, -0.2) is 4.98 Å². The molecule has 0 bridgehead atoms. The lowest BCUT2D eigenvalue weighted by Crippen LogP contribution is -2.36. The number of aromatic amines is 1. The van der Waals surface area contributed by atoms with E-state index in [1.807, 2.05) is 31.2 Å². The van der Waals surface area contributed by atoms with Crippen molar-refractivity contribution in [2.75, 3.05) is 11.1 Å². The molecule has 1 aliphatic rings. The van der Waals surface area contributed by atoms with Crippen LogP contribution in [-0.4, -0.2) is 21.6 Å². The molecule has 0 saturated carbocycles. The first kappa shape index (κ1) is 21.7. The number of fused-ring (bicyclic) bond motifs is 3. The second-order valence-electron chi connectivity index (χ2n) is 8.14. The van der Waals surface area contributed by atoms with Crippen molar-refractivity contribution in [3.63, 3.8) is 0 Å². The average molecular weight is 454 g/mol. The minimum Gasteiger partial charge on any atom is -0.325 e. The van der Waals surface area contributed by atoms with Gasteiger partial charge >= 0.3 is 0 Å². The summed E-state index contributed by atoms with van der Waals surface area (Å²) in [6.45, 7) is 6.12. The molecule has 0 radical (unpaired) electrons. The van der Waals surface area contributed by atoms with E-state index in [4.69, 9.17) is 16.6 Å². The number of nitrogens with zero attached hydrogens (tertiary/aromatic N) is 1. The van der Waals surface area contributed by atoms with E-state index in [0.29, 0.717) is 15.9 Å². The number of anilines is 1. The van der Waals surface area contributed by atoms with Crippen molar-refractivity contribution in [1.82, 2.24) is 9.97 Å². The van der Waals surface area contributed by atoms with Crippen molar-refractivity contribution >= 4 is 35.0 Å². The van der Waals surface area contributed by atoms with E-state index in [1.54, 1.807) is 12.1 Å². The Morgan fingerprint density at radius 2 is 2.06 bits per heavy atom. The Morgan fingerprint density at radius 1 is 1.29 bits per heavy atom. The summed E-state index contributed by atoms with van der Waals surface area (Å²) in [7, 11) is 0. The molecule has 7 heteroatoms. The Kier molecular flexibility index (Phi) is 5.95. The van der Waals surface area contributed by atoms with Gasteiger partial charge in [-0.15, -0.1) is 0 Å². The molecule has 1 amide bonds. The summed E-state index contributed by atoms with van der Waals surface area (Å²) < 4.78 is 0. The second-order valence-corrected chi connectivity index (χ2v) is 9.54. The summed E-state index contributed by atoms with van der Waals surface area (Å²) in [5.74, 6) is -0.0602. The van der Waals surface area contributed by atoms with Crippen LogP contribution in [0.25, 0.3) is 11.3 Å². The summed E-state index contributed by atoms with van der Waals surface area (Å²) in [6, 6.07) is 13.5. The Labute approximate surface area is 190 Å². The Morgan fingerprint density at radius 3 is 2.84 bits per heavy atom. The first-order valence-electron chi connectivity index (χ1n) is 10.2. The number of hydrogen-bond donors (Lipinski definition) is 2. The molecule has 1 aliphatic carbocycles. The highest BCUT2D eigenvalue weighted by atomic mass is 35.5. The minimum absolute atomic E-state index is 0.125. The van der Waals surface area contributed by atoms with E-state index in [0.717, 1.165) is 35.2 Å². The maximum Gasteiger partial charge on any atom is 0.255 e. The molecular formula is C24H24ClN3O2S. The summed E-state index contributed by atoms with van der Waals surface area (Å²) in [6.07, 6.45) is 1.65. The normalized spacial score (nSPS) is 17.0. The Balaban J connectivity index is 1.60. The summed E-state index contributed by atoms with van der Waals surface area (Å²) in [5, 5.41) is 3.88. The maximum absolute atomic E-state index is 13.1. The summed E-state index contributed by atoms with van der Waals surface area (Å²) in [4.78, 5) is 33.2. The highest BCUT2D eigenvalue weighted by Crippen LogP contribution is 2.42. The number of carbonyl (C=O) groups excluding carboxylic acids is 1. The minimum atomic E-state index is -0.269. The molecule has 0 aliphatic heterocycles. The SMILES string of the molecule is CCC1(C)Cc2ccccc2-c2nc(SCC(=O)Nc3cc(Cl)ccc3C)[nH]c(=O)c21. The van der Waals surface area contributed by atoms with Gasteiger partial charge in [-0.2, -0.15) is 0 Å². The van der Waals surface area contributed by atoms with E-state index in [9.17, 15) is 9.59 Å². The molecule has 3 aromatic rings. The van der Waals surface area contributed by atoms with Crippen LogP contribution in [-0.2, 0) is 16.6 Å². The van der Waals surface area contributed by atoms with E-state index in [2.05, 4.69) is 30.2 Å². The van der Waals surface area contributed by atoms with Crippen LogP contribution in [0.4, 0.5) is 5.69 Å². The first-order valence-corrected chi connectivity index (χ1v) is 11.6. The van der Waals surface area contributed by atoms with Gasteiger partial charge in [-0.3, -0.25) is 9.59 Å². The molecule has 4 rings (SSSR count). The van der Waals surface area contributed by atoms with Crippen molar-refractivity contribution < 1.29 is 4.79 Å². The molecule has 31 heavy (non-hydrogen) atoms. The molecule has 160 valence electrons. The molecule has 1 unspecified atom stereocenters. The zero-order chi connectivity index (χ0) is 22.2. The zero-order valence-corrected chi connectivity index (χ0v) is 19.3. The van der Waals surface area contributed by atoms with E-state index < -0.39 is 0 Å². The molecule has 1 aromatic heterocycles. The van der Waals surface area contributed by atoms with Gasteiger partial charge in [-0.05, 0) is 43.0 Å². The predicted molar refractivity (Wildman–Crippen MR) is 127 cm³/mol. The monoisotopic (exact) mass is 453 g/mol. The summed E-state index contributed by atoms with van der Waals surface area (Å²) in [5.41, 5.74) is 4.86. The third-order valence-electron chi connectivity index (χ3n) is 5.95. The van der Waals surface area contributed by atoms with Crippen LogP contribution in [0.5, 0.6) is 0 Å². The first-order chi connectivity index (χ1) is 14.8. The van der Waals surface area contributed by atoms with Gasteiger partial charge in [0.1, 0.15) is 0 Å². The number of benzene rings is 2. The van der Waals surface area contributed by atoms with Crippen molar-refractivity contribution in [2.24, 2.45) is 0 Å². The molecule has 0 spiro atoms. The number of thioether (sulfide) groups is 1. The maximum atomic E-state index is 13.1. The predicted octanol–water partition coefficient (Wildman–Crippen LogP) is 5.35. The Hall–Kier alpha value is -2.57. The lowest BCUT2D eigenvalue weighted by molar-refractivity contribution is -0.113. The van der Waals surface area contributed by atoms with Crippen LogP contribution in [0, 0.1) is 6.92 Å². The van der Waals surface area contributed by atoms with Crippen molar-refractivity contribution in [3.05, 3.63) is 74.5 Å². The van der Waals surface area contributed by atoms with Crippen LogP contribution in [0.1, 0.15) is 37.0 Å². The summed E-state index contributed by atoms with van der Waals surface area (Å²) >= 11 is 7.24. The van der Waals surface area contributed by atoms with E-state index in [-0.39, 0.29) is 22.6 Å². The highest BCUT2D eigenvalue weighted by molar-refractivity contribution is 7.99. The number of aryl methyl sites for hydroxylation is 1. The van der Waals surface area contributed by atoms with Gasteiger partial charge in [0.25, 0.3) is 5.56 Å². The fraction of sp³-hybridized carbons (Fsp3) is 0.292. The number of rotatable bonds is 5. The van der Waals surface area contributed by atoms with Gasteiger partial charge in [-0.1, -0.05) is 67.5 Å². The topological polar surface area (TPSA) is 74.8 Å². The van der Waals surface area contributed by atoms with Gasteiger partial charge in [0.2, 0.25) is 5.91 Å². The molecular weight excluding hydrogens is 430 g/mol. The van der Waals surface area contributed by atoms with Crippen LogP contribution < -0.4 is 10.9 Å². The van der Waals surface area contributed by atoms with Crippen molar-refractivity contribution in [2.45, 2.75) is 44.2 Å². The molecule has 0 saturated heterocycles. The van der Waals surface area contributed by atoms with Crippen molar-refractivity contribution in [1.29, 1.82) is 0 Å². The number of amides is 1. The standard InChI is InChI=1S/C24H24ClN3O2S/c1-4-24(3)12-15-7-5-6-8-17(15)21-20(24)22(30)28-23(27-21)31-13-19(29)26-18-11-16(25)10-9-14(18)2/h5-11H,4,12-13H2,1-3H3,(H,26,29)(H,27,28,30). The highest BCUT2D eigenvalue weighted by Gasteiger charge is 2.37. The lowest BCUT2D eigenvalue weighted by atomic mass is 9.69. The number of H-pyrrole nitrogens is 1. The Bertz CT molecular complexity index is 1220. The van der Waals surface area contributed by atoms with Crippen LogP contribution in [0.3, 0.4) is 0 Å². The van der Waals surface area contributed by atoms with Crippen LogP contribution in [0.15, 0.2) is 52.4 Å². The largest absolute Gasteiger partial charge is 0.325 e. The van der Waals surface area contributed by atoms with Gasteiger partial charge in [0, 0.05) is 27.3 Å². The van der Waals surface area contributed by atoms with Gasteiger partial charge in [0.15, 0.2) is 5.16 Å². The number of hydrogen-bond acceptors (Lipinski definition) is 4. The molecule has 0 fully saturated rings. The fourth-order valence-electron chi connectivity index (χ4n) is 4.04. The number of aromatic nitrogens is 2. The molecule has 2 aromatic carbocycles. The molecule has 1 atom stereocenters. The number of nitrogens with one attached hydrogen (secondary N) is 2. The number of halogens is 1. The van der Waals surface area contributed by atoms with Crippen molar-refractivity contribution in [3.8, 4) is 11.3 Å². The lowest BCUT2D eigenvalue weighted by Gasteiger charge is -2.34. The smallest absolute Gasteiger partial charge is 0.255 e. The van der Waals surface area contributed by atoms with Crippen LogP contribution >= 0.6 is 23.4 Å². The molecule has 5 nitrogen and oxygen atoms in total. The van der Waals surface area contributed by atoms with Gasteiger partial charge < -0.3 is 10.3 Å². The third-order valence-corrected chi connectivity index (χ3v) is 7.06. The average Bonchev–Trinajstić information content (AvgIpc) is 2.74. The molecule has 1 heterocycles. The second kappa shape index (κ2) is 8.52. The molecule has 2 N–H and O–H groups in total. The number of carbonyl (C=O) groups is 1. The van der Waals surface area contributed by atoms with E-state index in [1.165, 1.54) is 17.3 Å². The quantitative estimate of drug-likeness (QED) is 0.403. The van der Waals surface area contributed by atoms with Crippen LogP contribution in [0.2, 0.25) is 5.02 Å². The third kappa shape index (κ3) is 4.27. The van der Waals surface area contributed by atoms with E-state index >= 15 is 0 Å². The van der Waals surface area contributed by atoms with Gasteiger partial charge in [0.05, 0.1) is 11.4 Å². The zero-order valence-electron chi connectivity index (χ0n) is 17.7. The fourth-order valence-corrected chi connectivity index (χ4v) is 4.87.